The maximum absolute atomic E-state index is 5.42. The average Bonchev–Trinajstić information content (AvgIpc) is 2.87. The summed E-state index contributed by atoms with van der Waals surface area (Å²) in [4.78, 5) is 0. The van der Waals surface area contributed by atoms with Crippen molar-refractivity contribution in [3.63, 3.8) is 0 Å². The highest BCUT2D eigenvalue weighted by molar-refractivity contribution is 6.22. The second-order valence-electron chi connectivity index (χ2n) is 3.64. The first kappa shape index (κ1) is 8.74. The molecule has 0 spiro atoms. The van der Waals surface area contributed by atoms with E-state index in [2.05, 4.69) is 40.6 Å². The number of hydrogen-bond acceptors (Lipinski definition) is 1. The normalized spacial score (nSPS) is 18.7. The minimum atomic E-state index is 0.243. The highest BCUT2D eigenvalue weighted by atomic mass is 28.1. The van der Waals surface area contributed by atoms with E-state index in [9.17, 15) is 0 Å². The van der Waals surface area contributed by atoms with Crippen LogP contribution < -0.4 is 0 Å². The van der Waals surface area contributed by atoms with Crippen molar-refractivity contribution < 1.29 is 4.42 Å². The summed E-state index contributed by atoms with van der Waals surface area (Å²) in [5.41, 5.74) is 4.01. The van der Waals surface area contributed by atoms with Crippen molar-refractivity contribution in [3.8, 4) is 0 Å². The molecule has 0 fully saturated rings. The summed E-state index contributed by atoms with van der Waals surface area (Å²) in [7, 11) is 3.75. The van der Waals surface area contributed by atoms with E-state index in [-0.39, 0.29) is 5.54 Å². The molecule has 15 heavy (non-hydrogen) atoms. The molecular formula is C13H9OSi. The third kappa shape index (κ3) is 1.29. The van der Waals surface area contributed by atoms with Gasteiger partial charge in [0, 0.05) is 15.8 Å². The zero-order valence-electron chi connectivity index (χ0n) is 8.10. The van der Waals surface area contributed by atoms with Crippen LogP contribution in [0, 0.1) is 0 Å². The van der Waals surface area contributed by atoms with Crippen LogP contribution >= 0.6 is 0 Å². The van der Waals surface area contributed by atoms with Gasteiger partial charge < -0.3 is 4.42 Å². The first-order chi connectivity index (χ1) is 7.36. The van der Waals surface area contributed by atoms with Crippen molar-refractivity contribution in [2.75, 3.05) is 0 Å². The topological polar surface area (TPSA) is 13.1 Å². The van der Waals surface area contributed by atoms with Crippen molar-refractivity contribution >= 4 is 21.9 Å². The summed E-state index contributed by atoms with van der Waals surface area (Å²) in [6.45, 7) is 0. The van der Waals surface area contributed by atoms with Gasteiger partial charge in [-0.1, -0.05) is 24.3 Å². The summed E-state index contributed by atoms with van der Waals surface area (Å²) in [6.07, 6.45) is 3.88. The molecule has 0 saturated carbocycles. The Morgan fingerprint density at radius 3 is 2.67 bits per heavy atom. The summed E-state index contributed by atoms with van der Waals surface area (Å²) >= 11 is 0. The number of furan rings is 1. The lowest BCUT2D eigenvalue weighted by atomic mass is 10.1. The lowest BCUT2D eigenvalue weighted by Gasteiger charge is -2.08. The molecule has 1 nitrogen and oxygen atoms in total. The van der Waals surface area contributed by atoms with E-state index in [1.54, 1.807) is 6.26 Å². The molecule has 2 aromatic rings. The van der Waals surface area contributed by atoms with Crippen LogP contribution in [0.1, 0.15) is 22.4 Å². The highest BCUT2D eigenvalue weighted by Gasteiger charge is 2.23. The second-order valence-corrected chi connectivity index (χ2v) is 4.22. The lowest BCUT2D eigenvalue weighted by Crippen LogP contribution is -1.96. The summed E-state index contributed by atoms with van der Waals surface area (Å²) in [5.74, 6) is 0.936. The highest BCUT2D eigenvalue weighted by Crippen LogP contribution is 2.39. The standard InChI is InChI=1S/C13H9OSi/c15-13-10-5-2-1-4-9(10)8-11(13)12-6-3-7-14-12/h1-8,13H. The number of rotatable bonds is 1. The molecule has 1 aliphatic carbocycles. The van der Waals surface area contributed by atoms with Crippen LogP contribution in [0.4, 0.5) is 0 Å². The number of fused-ring (bicyclic) bond motifs is 1. The quantitative estimate of drug-likeness (QED) is 0.658. The summed E-state index contributed by atoms with van der Waals surface area (Å²) in [6, 6.07) is 12.3. The predicted molar refractivity (Wildman–Crippen MR) is 61.5 cm³/mol. The number of benzene rings is 1. The Labute approximate surface area is 91.9 Å². The molecular weight excluding hydrogens is 200 g/mol. The third-order valence-electron chi connectivity index (χ3n) is 2.73. The molecule has 1 aromatic heterocycles. The lowest BCUT2D eigenvalue weighted by molar-refractivity contribution is 0.551. The smallest absolute Gasteiger partial charge is 0.130 e. The number of hydrogen-bond donors (Lipinski definition) is 0. The van der Waals surface area contributed by atoms with Gasteiger partial charge in [0.05, 0.1) is 6.26 Å². The van der Waals surface area contributed by atoms with E-state index < -0.39 is 0 Å². The Hall–Kier alpha value is -1.54. The molecule has 3 radical (unpaired) electrons. The fourth-order valence-electron chi connectivity index (χ4n) is 1.98. The molecule has 0 N–H and O–H groups in total. The molecule has 0 saturated heterocycles. The van der Waals surface area contributed by atoms with Gasteiger partial charge in [0.15, 0.2) is 0 Å². The molecule has 1 heterocycles. The molecule has 1 unspecified atom stereocenters. The molecule has 0 aliphatic heterocycles. The molecule has 3 rings (SSSR count). The summed E-state index contributed by atoms with van der Waals surface area (Å²) < 4.78 is 5.42. The van der Waals surface area contributed by atoms with E-state index in [1.165, 1.54) is 16.7 Å². The van der Waals surface area contributed by atoms with E-state index in [0.29, 0.717) is 0 Å². The van der Waals surface area contributed by atoms with Gasteiger partial charge in [0.1, 0.15) is 5.76 Å². The largest absolute Gasteiger partial charge is 0.465 e. The van der Waals surface area contributed by atoms with Gasteiger partial charge in [-0.15, -0.1) is 0 Å². The third-order valence-corrected chi connectivity index (χ3v) is 3.36. The van der Waals surface area contributed by atoms with Gasteiger partial charge in [-0.2, -0.15) is 0 Å². The van der Waals surface area contributed by atoms with Gasteiger partial charge in [-0.05, 0) is 34.9 Å². The Balaban J connectivity index is 2.11. The van der Waals surface area contributed by atoms with Crippen LogP contribution in [0.5, 0.6) is 0 Å². The van der Waals surface area contributed by atoms with Crippen molar-refractivity contribution in [3.05, 3.63) is 59.5 Å². The van der Waals surface area contributed by atoms with E-state index in [0.717, 1.165) is 5.76 Å². The van der Waals surface area contributed by atoms with Crippen LogP contribution in [0.25, 0.3) is 11.6 Å². The molecule has 1 aromatic carbocycles. The van der Waals surface area contributed by atoms with Gasteiger partial charge in [0.25, 0.3) is 0 Å². The maximum atomic E-state index is 5.42. The number of allylic oxidation sites excluding steroid dienone is 1. The Morgan fingerprint density at radius 1 is 1.07 bits per heavy atom. The monoisotopic (exact) mass is 209 g/mol. The van der Waals surface area contributed by atoms with Crippen molar-refractivity contribution in [1.29, 1.82) is 0 Å². The Kier molecular flexibility index (Phi) is 1.89. The van der Waals surface area contributed by atoms with Crippen LogP contribution in [-0.4, -0.2) is 10.2 Å². The van der Waals surface area contributed by atoms with Crippen LogP contribution in [0.2, 0.25) is 0 Å². The first-order valence-electron chi connectivity index (χ1n) is 4.92. The van der Waals surface area contributed by atoms with Crippen molar-refractivity contribution in [2.24, 2.45) is 0 Å². The predicted octanol–water partition coefficient (Wildman–Crippen LogP) is 3.04. The van der Waals surface area contributed by atoms with Crippen LogP contribution in [-0.2, 0) is 0 Å². The van der Waals surface area contributed by atoms with Gasteiger partial charge >= 0.3 is 0 Å². The minimum Gasteiger partial charge on any atom is -0.465 e. The molecule has 71 valence electrons. The Bertz CT molecular complexity index is 511. The zero-order chi connectivity index (χ0) is 10.3. The molecule has 1 aliphatic rings. The SMILES string of the molecule is [Si]C1C(c2ccco2)=Cc2ccccc21. The fraction of sp³-hybridized carbons (Fsp3) is 0.0769. The molecule has 0 bridgehead atoms. The van der Waals surface area contributed by atoms with Gasteiger partial charge in [-0.25, -0.2) is 0 Å². The van der Waals surface area contributed by atoms with Crippen LogP contribution in [0.15, 0.2) is 47.1 Å². The second kappa shape index (κ2) is 3.24. The zero-order valence-corrected chi connectivity index (χ0v) is 9.10. The fourth-order valence-corrected chi connectivity index (χ4v) is 2.47. The first-order valence-corrected chi connectivity index (χ1v) is 5.49. The van der Waals surface area contributed by atoms with Crippen LogP contribution in [0.3, 0.4) is 0 Å². The van der Waals surface area contributed by atoms with E-state index in [1.807, 2.05) is 12.1 Å². The molecule has 2 heteroatoms. The maximum Gasteiger partial charge on any atom is 0.130 e. The molecule has 1 atom stereocenters. The van der Waals surface area contributed by atoms with Crippen molar-refractivity contribution in [1.82, 2.24) is 0 Å². The Morgan fingerprint density at radius 2 is 1.93 bits per heavy atom. The van der Waals surface area contributed by atoms with E-state index >= 15 is 0 Å². The summed E-state index contributed by atoms with van der Waals surface area (Å²) in [5, 5.41) is 0. The average molecular weight is 209 g/mol. The van der Waals surface area contributed by atoms with Gasteiger partial charge in [0.2, 0.25) is 0 Å². The molecule has 0 amide bonds. The van der Waals surface area contributed by atoms with Crippen molar-refractivity contribution in [2.45, 2.75) is 5.54 Å². The van der Waals surface area contributed by atoms with E-state index in [4.69, 9.17) is 4.42 Å². The minimum absolute atomic E-state index is 0.243. The van der Waals surface area contributed by atoms with Gasteiger partial charge in [-0.3, -0.25) is 0 Å².